The monoisotopic (exact) mass is 255 g/mol. The molecule has 0 aromatic rings. The van der Waals surface area contributed by atoms with Gasteiger partial charge in [-0.15, -0.1) is 0 Å². The standard InChI is InChI=1S/C14H25NO3/c1-5-12(17)14(10(2)3)15-13(18)9-7-6-8-11(4)16/h10,14H,5-9H2,1-4H3,(H,15,18)/t14-/m0/s1. The summed E-state index contributed by atoms with van der Waals surface area (Å²) in [6, 6.07) is -0.379. The Labute approximate surface area is 110 Å². The van der Waals surface area contributed by atoms with E-state index in [0.29, 0.717) is 25.7 Å². The summed E-state index contributed by atoms with van der Waals surface area (Å²) in [7, 11) is 0. The van der Waals surface area contributed by atoms with Crippen LogP contribution in [0.5, 0.6) is 0 Å². The Balaban J connectivity index is 4.03. The first kappa shape index (κ1) is 16.8. The van der Waals surface area contributed by atoms with Gasteiger partial charge >= 0.3 is 0 Å². The number of nitrogens with one attached hydrogen (secondary N) is 1. The van der Waals surface area contributed by atoms with Gasteiger partial charge in [0.2, 0.25) is 5.91 Å². The van der Waals surface area contributed by atoms with Crippen molar-refractivity contribution >= 4 is 17.5 Å². The number of Topliss-reactive ketones (excluding diaryl/α,β-unsaturated/α-hetero) is 2. The van der Waals surface area contributed by atoms with Gasteiger partial charge in [0.25, 0.3) is 0 Å². The van der Waals surface area contributed by atoms with E-state index < -0.39 is 0 Å². The molecule has 4 nitrogen and oxygen atoms in total. The highest BCUT2D eigenvalue weighted by molar-refractivity contribution is 5.89. The number of carbonyl (C=O) groups is 3. The van der Waals surface area contributed by atoms with E-state index in [1.54, 1.807) is 13.8 Å². The second kappa shape index (κ2) is 8.84. The fourth-order valence-electron chi connectivity index (χ4n) is 1.74. The molecule has 0 radical (unpaired) electrons. The van der Waals surface area contributed by atoms with Crippen LogP contribution in [-0.4, -0.2) is 23.5 Å². The molecule has 104 valence electrons. The lowest BCUT2D eigenvalue weighted by molar-refractivity contribution is -0.128. The molecule has 4 heteroatoms. The maximum absolute atomic E-state index is 11.7. The molecule has 0 spiro atoms. The van der Waals surface area contributed by atoms with Gasteiger partial charge in [-0.3, -0.25) is 9.59 Å². The summed E-state index contributed by atoms with van der Waals surface area (Å²) < 4.78 is 0. The van der Waals surface area contributed by atoms with E-state index in [9.17, 15) is 14.4 Å². The summed E-state index contributed by atoms with van der Waals surface area (Å²) in [5.74, 6) is 0.233. The number of carbonyl (C=O) groups excluding carboxylic acids is 3. The lowest BCUT2D eigenvalue weighted by Gasteiger charge is -2.20. The largest absolute Gasteiger partial charge is 0.346 e. The molecular formula is C14H25NO3. The highest BCUT2D eigenvalue weighted by Crippen LogP contribution is 2.07. The molecule has 0 bridgehead atoms. The number of unbranched alkanes of at least 4 members (excludes halogenated alkanes) is 1. The molecular weight excluding hydrogens is 230 g/mol. The minimum Gasteiger partial charge on any atom is -0.346 e. The molecule has 0 aromatic carbocycles. The molecule has 0 aliphatic rings. The van der Waals surface area contributed by atoms with Crippen LogP contribution in [0.3, 0.4) is 0 Å². The zero-order valence-corrected chi connectivity index (χ0v) is 11.9. The summed E-state index contributed by atoms with van der Waals surface area (Å²) in [4.78, 5) is 34.1. The van der Waals surface area contributed by atoms with Crippen LogP contribution >= 0.6 is 0 Å². The number of rotatable bonds is 9. The Kier molecular flexibility index (Phi) is 8.25. The number of hydrogen-bond acceptors (Lipinski definition) is 3. The van der Waals surface area contributed by atoms with Crippen molar-refractivity contribution in [3.05, 3.63) is 0 Å². The Bertz CT molecular complexity index is 297. The van der Waals surface area contributed by atoms with Gasteiger partial charge < -0.3 is 10.1 Å². The smallest absolute Gasteiger partial charge is 0.220 e. The Morgan fingerprint density at radius 2 is 1.61 bits per heavy atom. The summed E-state index contributed by atoms with van der Waals surface area (Å²) in [6.45, 7) is 7.20. The number of amides is 1. The van der Waals surface area contributed by atoms with Crippen molar-refractivity contribution in [3.8, 4) is 0 Å². The molecule has 18 heavy (non-hydrogen) atoms. The quantitative estimate of drug-likeness (QED) is 0.643. The van der Waals surface area contributed by atoms with Crippen LogP contribution in [0.1, 0.15) is 59.8 Å². The van der Waals surface area contributed by atoms with Crippen molar-refractivity contribution in [1.29, 1.82) is 0 Å². The maximum Gasteiger partial charge on any atom is 0.220 e. The fraction of sp³-hybridized carbons (Fsp3) is 0.786. The van der Waals surface area contributed by atoms with Gasteiger partial charge in [0.05, 0.1) is 6.04 Å². The van der Waals surface area contributed by atoms with Crippen molar-refractivity contribution in [2.75, 3.05) is 0 Å². The van der Waals surface area contributed by atoms with Crippen molar-refractivity contribution in [2.24, 2.45) is 5.92 Å². The van der Waals surface area contributed by atoms with Crippen LogP contribution in [0.4, 0.5) is 0 Å². The van der Waals surface area contributed by atoms with Crippen LogP contribution in [0.2, 0.25) is 0 Å². The van der Waals surface area contributed by atoms with Crippen LogP contribution < -0.4 is 5.32 Å². The zero-order chi connectivity index (χ0) is 14.1. The Morgan fingerprint density at radius 3 is 2.06 bits per heavy atom. The van der Waals surface area contributed by atoms with E-state index in [2.05, 4.69) is 5.32 Å². The van der Waals surface area contributed by atoms with Gasteiger partial charge in [0, 0.05) is 19.3 Å². The lowest BCUT2D eigenvalue weighted by Crippen LogP contribution is -2.44. The first-order valence-electron chi connectivity index (χ1n) is 6.70. The fourth-order valence-corrected chi connectivity index (χ4v) is 1.74. The minimum atomic E-state index is -0.379. The van der Waals surface area contributed by atoms with Gasteiger partial charge in [-0.2, -0.15) is 0 Å². The first-order valence-corrected chi connectivity index (χ1v) is 6.70. The minimum absolute atomic E-state index is 0.0714. The average molecular weight is 255 g/mol. The number of ketones is 2. The second-order valence-electron chi connectivity index (χ2n) is 5.02. The van der Waals surface area contributed by atoms with E-state index >= 15 is 0 Å². The summed E-state index contributed by atoms with van der Waals surface area (Å²) in [5, 5.41) is 2.78. The highest BCUT2D eigenvalue weighted by Gasteiger charge is 2.21. The van der Waals surface area contributed by atoms with Crippen molar-refractivity contribution in [3.63, 3.8) is 0 Å². The van der Waals surface area contributed by atoms with E-state index in [1.165, 1.54) is 0 Å². The van der Waals surface area contributed by atoms with Crippen LogP contribution in [0, 0.1) is 5.92 Å². The third-order valence-corrected chi connectivity index (χ3v) is 2.86. The van der Waals surface area contributed by atoms with Crippen molar-refractivity contribution < 1.29 is 14.4 Å². The van der Waals surface area contributed by atoms with Crippen molar-refractivity contribution in [1.82, 2.24) is 5.32 Å². The summed E-state index contributed by atoms with van der Waals surface area (Å²) >= 11 is 0. The van der Waals surface area contributed by atoms with Gasteiger partial charge in [-0.05, 0) is 25.7 Å². The Hall–Kier alpha value is -1.19. The Morgan fingerprint density at radius 1 is 1.06 bits per heavy atom. The summed E-state index contributed by atoms with van der Waals surface area (Å²) in [6.07, 6.45) is 2.77. The van der Waals surface area contributed by atoms with Gasteiger partial charge in [0.1, 0.15) is 5.78 Å². The summed E-state index contributed by atoms with van der Waals surface area (Å²) in [5.41, 5.74) is 0. The molecule has 0 fully saturated rings. The normalized spacial score (nSPS) is 12.3. The molecule has 0 heterocycles. The molecule has 1 atom stereocenters. The average Bonchev–Trinajstić information content (AvgIpc) is 2.30. The third kappa shape index (κ3) is 7.20. The zero-order valence-electron chi connectivity index (χ0n) is 11.9. The third-order valence-electron chi connectivity index (χ3n) is 2.86. The van der Waals surface area contributed by atoms with Gasteiger partial charge in [0.15, 0.2) is 5.78 Å². The van der Waals surface area contributed by atoms with E-state index in [4.69, 9.17) is 0 Å². The predicted octanol–water partition coefficient (Wildman–Crippen LogP) is 2.26. The van der Waals surface area contributed by atoms with E-state index in [-0.39, 0.29) is 29.4 Å². The first-order chi connectivity index (χ1) is 8.38. The molecule has 0 saturated heterocycles. The SMILES string of the molecule is CCC(=O)[C@@H](NC(=O)CCCCC(C)=O)C(C)C. The van der Waals surface area contributed by atoms with Crippen LogP contribution in [0.25, 0.3) is 0 Å². The van der Waals surface area contributed by atoms with Crippen molar-refractivity contribution in [2.45, 2.75) is 65.8 Å². The number of hydrogen-bond donors (Lipinski definition) is 1. The van der Waals surface area contributed by atoms with Crippen LogP contribution in [0.15, 0.2) is 0 Å². The van der Waals surface area contributed by atoms with Crippen LogP contribution in [-0.2, 0) is 14.4 Å². The molecule has 0 saturated carbocycles. The topological polar surface area (TPSA) is 63.2 Å². The predicted molar refractivity (Wildman–Crippen MR) is 71.2 cm³/mol. The molecule has 0 aliphatic carbocycles. The molecule has 0 aromatic heterocycles. The molecule has 0 unspecified atom stereocenters. The molecule has 1 amide bonds. The lowest BCUT2D eigenvalue weighted by atomic mass is 9.98. The molecule has 0 rings (SSSR count). The second-order valence-corrected chi connectivity index (χ2v) is 5.02. The van der Waals surface area contributed by atoms with E-state index in [0.717, 1.165) is 6.42 Å². The maximum atomic E-state index is 11.7. The van der Waals surface area contributed by atoms with Gasteiger partial charge in [-0.1, -0.05) is 20.8 Å². The highest BCUT2D eigenvalue weighted by atomic mass is 16.2. The van der Waals surface area contributed by atoms with Gasteiger partial charge in [-0.25, -0.2) is 0 Å². The molecule has 1 N–H and O–H groups in total. The molecule has 0 aliphatic heterocycles. The van der Waals surface area contributed by atoms with E-state index in [1.807, 2.05) is 13.8 Å².